The molecule has 0 bridgehead atoms. The van der Waals surface area contributed by atoms with Gasteiger partial charge >= 0.3 is 0 Å². The third kappa shape index (κ3) is 5.08. The third-order valence-corrected chi connectivity index (χ3v) is 6.18. The average Bonchev–Trinajstić information content (AvgIpc) is 3.24. The van der Waals surface area contributed by atoms with Gasteiger partial charge in [0.15, 0.2) is 0 Å². The van der Waals surface area contributed by atoms with Gasteiger partial charge in [-0.05, 0) is 74.1 Å². The topological polar surface area (TPSA) is 89.3 Å². The van der Waals surface area contributed by atoms with Gasteiger partial charge in [-0.25, -0.2) is 0 Å². The number of carbonyl (C=O) groups is 2. The van der Waals surface area contributed by atoms with Crippen LogP contribution in [0.3, 0.4) is 0 Å². The highest BCUT2D eigenvalue weighted by Crippen LogP contribution is 2.36. The van der Waals surface area contributed by atoms with Crippen LogP contribution in [0.4, 0.5) is 11.4 Å². The summed E-state index contributed by atoms with van der Waals surface area (Å²) in [5.41, 5.74) is 6.03. The van der Waals surface area contributed by atoms with Gasteiger partial charge in [-0.1, -0.05) is 20.4 Å². The van der Waals surface area contributed by atoms with E-state index >= 15 is 0 Å². The molecule has 8 heteroatoms. The van der Waals surface area contributed by atoms with Crippen LogP contribution in [0.1, 0.15) is 46.7 Å². The number of carbonyl (C=O) groups excluding carboxylic acids is 2. The Morgan fingerprint density at radius 2 is 2.00 bits per heavy atom. The number of rotatable bonds is 10. The molecule has 1 aromatic heterocycles. The van der Waals surface area contributed by atoms with Crippen molar-refractivity contribution in [1.29, 1.82) is 0 Å². The lowest BCUT2D eigenvalue weighted by Gasteiger charge is -2.18. The lowest BCUT2D eigenvalue weighted by atomic mass is 10.0. The number of likely N-dealkylation sites (N-methyl/N-ethyl adjacent to an activating group) is 1. The van der Waals surface area contributed by atoms with E-state index in [1.807, 2.05) is 38.1 Å². The SMILES string of the molecule is C=CSNc1ccc2c(c1)/C(=C/c1[nH]c(C)c(C(=O)NCCN(CC)CC)c1C)C(=O)N2. The van der Waals surface area contributed by atoms with Crippen LogP contribution in [0.5, 0.6) is 0 Å². The second-order valence-corrected chi connectivity index (χ2v) is 8.38. The van der Waals surface area contributed by atoms with Gasteiger partial charge in [0.2, 0.25) is 0 Å². The van der Waals surface area contributed by atoms with Crippen molar-refractivity contribution in [3.8, 4) is 0 Å². The standard InChI is InChI=1S/C24H31N5O2S/c1-6-29(7-2)12-11-25-24(31)22-15(4)21(26-16(22)5)14-19-18-13-17(28-32-8-3)9-10-20(18)27-23(19)30/h8-10,13-14,26,28H,3,6-7,11-12H2,1-2,4-5H3,(H,25,31)(H,27,30)/b19-14-. The predicted octanol–water partition coefficient (Wildman–Crippen LogP) is 4.40. The number of aryl methyl sites for hydroxylation is 1. The average molecular weight is 454 g/mol. The van der Waals surface area contributed by atoms with Gasteiger partial charge in [-0.3, -0.25) is 9.59 Å². The van der Waals surface area contributed by atoms with Crippen molar-refractivity contribution in [3.05, 3.63) is 58.3 Å². The molecule has 3 rings (SSSR count). The molecule has 32 heavy (non-hydrogen) atoms. The molecule has 0 spiro atoms. The Hall–Kier alpha value is -2.97. The molecule has 0 radical (unpaired) electrons. The number of nitrogens with one attached hydrogen (secondary N) is 4. The van der Waals surface area contributed by atoms with Crippen molar-refractivity contribution in [1.82, 2.24) is 15.2 Å². The first-order valence-electron chi connectivity index (χ1n) is 10.8. The first-order chi connectivity index (χ1) is 15.4. The number of aromatic amines is 1. The van der Waals surface area contributed by atoms with E-state index < -0.39 is 0 Å². The molecule has 1 aromatic carbocycles. The Morgan fingerprint density at radius 1 is 1.25 bits per heavy atom. The molecule has 170 valence electrons. The number of hydrogen-bond acceptors (Lipinski definition) is 5. The molecular weight excluding hydrogens is 422 g/mol. The third-order valence-electron chi connectivity index (χ3n) is 5.66. The van der Waals surface area contributed by atoms with Gasteiger partial charge in [-0.2, -0.15) is 0 Å². The number of anilines is 2. The Morgan fingerprint density at radius 3 is 2.69 bits per heavy atom. The monoisotopic (exact) mass is 453 g/mol. The molecule has 0 aliphatic carbocycles. The van der Waals surface area contributed by atoms with Gasteiger partial charge < -0.3 is 25.2 Å². The van der Waals surface area contributed by atoms with E-state index in [4.69, 9.17) is 0 Å². The van der Waals surface area contributed by atoms with Crippen LogP contribution in [0.15, 0.2) is 30.2 Å². The lowest BCUT2D eigenvalue weighted by Crippen LogP contribution is -2.35. The van der Waals surface area contributed by atoms with Gasteiger partial charge in [-0.15, -0.1) is 0 Å². The van der Waals surface area contributed by atoms with E-state index in [0.717, 1.165) is 53.5 Å². The van der Waals surface area contributed by atoms with Crippen molar-refractivity contribution < 1.29 is 9.59 Å². The highest BCUT2D eigenvalue weighted by molar-refractivity contribution is 8.03. The maximum atomic E-state index is 12.8. The van der Waals surface area contributed by atoms with Crippen LogP contribution in [-0.4, -0.2) is 47.9 Å². The Labute approximate surface area is 193 Å². The minimum atomic E-state index is -0.162. The van der Waals surface area contributed by atoms with Crippen molar-refractivity contribution in [2.45, 2.75) is 27.7 Å². The summed E-state index contributed by atoms with van der Waals surface area (Å²) in [5.74, 6) is -0.261. The number of hydrogen-bond donors (Lipinski definition) is 4. The van der Waals surface area contributed by atoms with E-state index in [-0.39, 0.29) is 11.8 Å². The molecule has 7 nitrogen and oxygen atoms in total. The number of amides is 2. The molecule has 1 aliphatic rings. The molecule has 2 heterocycles. The Kier molecular flexibility index (Phi) is 7.82. The molecule has 2 amide bonds. The summed E-state index contributed by atoms with van der Waals surface area (Å²) in [6.45, 7) is 15.0. The van der Waals surface area contributed by atoms with Crippen LogP contribution in [-0.2, 0) is 4.79 Å². The van der Waals surface area contributed by atoms with E-state index in [0.29, 0.717) is 17.7 Å². The van der Waals surface area contributed by atoms with E-state index in [2.05, 4.69) is 45.7 Å². The molecule has 1 aliphatic heterocycles. The van der Waals surface area contributed by atoms with Gasteiger partial charge in [0.05, 0.1) is 11.1 Å². The summed E-state index contributed by atoms with van der Waals surface area (Å²) in [7, 11) is 0. The maximum absolute atomic E-state index is 12.8. The lowest BCUT2D eigenvalue weighted by molar-refractivity contribution is -0.110. The minimum Gasteiger partial charge on any atom is -0.358 e. The van der Waals surface area contributed by atoms with E-state index in [1.54, 1.807) is 5.41 Å². The smallest absolute Gasteiger partial charge is 0.256 e. The fourth-order valence-corrected chi connectivity index (χ4v) is 4.21. The molecule has 0 saturated carbocycles. The zero-order chi connectivity index (χ0) is 23.3. The second-order valence-electron chi connectivity index (χ2n) is 7.61. The predicted molar refractivity (Wildman–Crippen MR) is 135 cm³/mol. The summed E-state index contributed by atoms with van der Waals surface area (Å²) >= 11 is 1.37. The van der Waals surface area contributed by atoms with Crippen LogP contribution in [0, 0.1) is 13.8 Å². The highest BCUT2D eigenvalue weighted by atomic mass is 32.2. The molecule has 2 aromatic rings. The second kappa shape index (κ2) is 10.6. The van der Waals surface area contributed by atoms with Crippen molar-refractivity contribution >= 4 is 46.8 Å². The number of fused-ring (bicyclic) bond motifs is 1. The quantitative estimate of drug-likeness (QED) is 0.316. The number of H-pyrrole nitrogens is 1. The molecule has 0 unspecified atom stereocenters. The largest absolute Gasteiger partial charge is 0.358 e. The van der Waals surface area contributed by atoms with Crippen LogP contribution in [0.2, 0.25) is 0 Å². The summed E-state index contributed by atoms with van der Waals surface area (Å²) in [6, 6.07) is 5.71. The normalized spacial score (nSPS) is 13.9. The molecule has 0 fully saturated rings. The maximum Gasteiger partial charge on any atom is 0.256 e. The Balaban J connectivity index is 1.84. The molecular formula is C24H31N5O2S. The number of nitrogens with zero attached hydrogens (tertiary/aromatic N) is 1. The van der Waals surface area contributed by atoms with Gasteiger partial charge in [0, 0.05) is 41.4 Å². The fourth-order valence-electron chi connectivity index (χ4n) is 3.86. The zero-order valence-electron chi connectivity index (χ0n) is 19.1. The van der Waals surface area contributed by atoms with E-state index in [9.17, 15) is 9.59 Å². The van der Waals surface area contributed by atoms with Gasteiger partial charge in [0.1, 0.15) is 0 Å². The highest BCUT2D eigenvalue weighted by Gasteiger charge is 2.26. The number of benzene rings is 1. The Bertz CT molecular complexity index is 1050. The van der Waals surface area contributed by atoms with Crippen LogP contribution >= 0.6 is 11.9 Å². The fraction of sp³-hybridized carbons (Fsp3) is 0.333. The zero-order valence-corrected chi connectivity index (χ0v) is 19.9. The summed E-state index contributed by atoms with van der Waals surface area (Å²) in [4.78, 5) is 31.0. The summed E-state index contributed by atoms with van der Waals surface area (Å²) in [5, 5.41) is 7.62. The molecule has 0 saturated heterocycles. The minimum absolute atomic E-state index is 0.0998. The number of aromatic nitrogens is 1. The van der Waals surface area contributed by atoms with Crippen molar-refractivity contribution in [2.75, 3.05) is 36.2 Å². The van der Waals surface area contributed by atoms with Crippen molar-refractivity contribution in [3.63, 3.8) is 0 Å². The van der Waals surface area contributed by atoms with E-state index in [1.165, 1.54) is 11.9 Å². The van der Waals surface area contributed by atoms with Crippen molar-refractivity contribution in [2.24, 2.45) is 0 Å². The first kappa shape index (κ1) is 23.7. The first-order valence-corrected chi connectivity index (χ1v) is 11.7. The molecule has 0 atom stereocenters. The molecule has 4 N–H and O–H groups in total. The van der Waals surface area contributed by atoms with Crippen LogP contribution < -0.4 is 15.4 Å². The summed E-state index contributed by atoms with van der Waals surface area (Å²) < 4.78 is 3.17. The summed E-state index contributed by atoms with van der Waals surface area (Å²) in [6.07, 6.45) is 1.82. The van der Waals surface area contributed by atoms with Crippen LogP contribution in [0.25, 0.3) is 11.6 Å². The van der Waals surface area contributed by atoms with Gasteiger partial charge in [0.25, 0.3) is 11.8 Å².